The van der Waals surface area contributed by atoms with Crippen molar-refractivity contribution >= 4 is 16.9 Å². The van der Waals surface area contributed by atoms with Gasteiger partial charge in [-0.3, -0.25) is 0 Å². The Morgan fingerprint density at radius 2 is 2.18 bits per heavy atom. The van der Waals surface area contributed by atoms with Crippen molar-refractivity contribution in [1.82, 2.24) is 19.9 Å². The highest BCUT2D eigenvalue weighted by molar-refractivity contribution is 5.78. The summed E-state index contributed by atoms with van der Waals surface area (Å²) in [5.41, 5.74) is 2.75. The van der Waals surface area contributed by atoms with Gasteiger partial charge in [-0.05, 0) is 19.1 Å². The van der Waals surface area contributed by atoms with Crippen LogP contribution in [0.1, 0.15) is 17.1 Å². The van der Waals surface area contributed by atoms with Crippen LogP contribution in [-0.4, -0.2) is 27.0 Å². The second kappa shape index (κ2) is 6.07. The fourth-order valence-electron chi connectivity index (χ4n) is 2.30. The maximum absolute atomic E-state index is 14.0. The highest BCUT2D eigenvalue weighted by atomic mass is 19.1. The lowest BCUT2D eigenvalue weighted by Crippen LogP contribution is -2.07. The largest absolute Gasteiger partial charge is 0.377 e. The van der Waals surface area contributed by atoms with Gasteiger partial charge in [0, 0.05) is 31.0 Å². The molecule has 6 nitrogen and oxygen atoms in total. The minimum atomic E-state index is -0.296. The Morgan fingerprint density at radius 1 is 1.32 bits per heavy atom. The van der Waals surface area contributed by atoms with E-state index in [9.17, 15) is 4.39 Å². The van der Waals surface area contributed by atoms with E-state index in [1.54, 1.807) is 19.5 Å². The number of hydrogen-bond donors (Lipinski definition) is 2. The fourth-order valence-corrected chi connectivity index (χ4v) is 2.30. The van der Waals surface area contributed by atoms with E-state index in [1.165, 1.54) is 6.07 Å². The van der Waals surface area contributed by atoms with Crippen molar-refractivity contribution in [3.8, 4) is 0 Å². The molecule has 0 aliphatic rings. The van der Waals surface area contributed by atoms with E-state index in [1.807, 2.05) is 13.0 Å². The zero-order valence-corrected chi connectivity index (χ0v) is 12.4. The maximum Gasteiger partial charge on any atom is 0.156 e. The van der Waals surface area contributed by atoms with Crippen LogP contribution in [0, 0.1) is 12.7 Å². The number of aryl methyl sites for hydroxylation is 1. The lowest BCUT2D eigenvalue weighted by Gasteiger charge is -2.09. The molecule has 2 N–H and O–H groups in total. The molecule has 0 bridgehead atoms. The van der Waals surface area contributed by atoms with Crippen molar-refractivity contribution in [1.29, 1.82) is 0 Å². The number of benzene rings is 1. The van der Waals surface area contributed by atoms with Gasteiger partial charge in [0.15, 0.2) is 5.82 Å². The summed E-state index contributed by atoms with van der Waals surface area (Å²) < 4.78 is 19.1. The van der Waals surface area contributed by atoms with Crippen LogP contribution in [-0.2, 0) is 17.9 Å². The Bertz CT molecular complexity index is 802. The van der Waals surface area contributed by atoms with Gasteiger partial charge in [0.25, 0.3) is 0 Å². The second-order valence-electron chi connectivity index (χ2n) is 4.92. The molecule has 0 spiro atoms. The summed E-state index contributed by atoms with van der Waals surface area (Å²) in [7, 11) is 1.59. The van der Waals surface area contributed by atoms with E-state index in [0.717, 1.165) is 11.2 Å². The summed E-state index contributed by atoms with van der Waals surface area (Å²) in [4.78, 5) is 15.7. The molecule has 2 aromatic heterocycles. The highest BCUT2D eigenvalue weighted by Gasteiger charge is 2.10. The number of methoxy groups -OCH3 is 1. The van der Waals surface area contributed by atoms with Crippen LogP contribution in [0.2, 0.25) is 0 Å². The van der Waals surface area contributed by atoms with E-state index in [2.05, 4.69) is 25.3 Å². The third-order valence-corrected chi connectivity index (χ3v) is 3.26. The number of anilines is 1. The lowest BCUT2D eigenvalue weighted by atomic mass is 10.1. The standard InChI is InChI=1S/C15H16FN5O/c1-9-5-13(21-14(20-9)7-22-2)17-6-10-11(16)3-4-12-15(10)19-8-18-12/h3-5,8H,6-7H2,1-2H3,(H,18,19)(H,17,20,21). The Morgan fingerprint density at radius 3 is 3.00 bits per heavy atom. The van der Waals surface area contributed by atoms with Crippen molar-refractivity contribution in [3.63, 3.8) is 0 Å². The van der Waals surface area contributed by atoms with Gasteiger partial charge in [-0.25, -0.2) is 19.3 Å². The van der Waals surface area contributed by atoms with E-state index >= 15 is 0 Å². The molecule has 0 radical (unpaired) electrons. The van der Waals surface area contributed by atoms with E-state index < -0.39 is 0 Å². The predicted octanol–water partition coefficient (Wildman–Crippen LogP) is 2.56. The summed E-state index contributed by atoms with van der Waals surface area (Å²) in [6, 6.07) is 4.91. The number of aromatic nitrogens is 4. The molecule has 3 aromatic rings. The van der Waals surface area contributed by atoms with Gasteiger partial charge in [0.05, 0.1) is 17.4 Å². The number of hydrogen-bond acceptors (Lipinski definition) is 5. The van der Waals surface area contributed by atoms with Gasteiger partial charge >= 0.3 is 0 Å². The average Bonchev–Trinajstić information content (AvgIpc) is 2.94. The van der Waals surface area contributed by atoms with Crippen molar-refractivity contribution in [2.45, 2.75) is 20.1 Å². The maximum atomic E-state index is 14.0. The molecule has 0 atom stereocenters. The molecule has 7 heteroatoms. The second-order valence-corrected chi connectivity index (χ2v) is 4.92. The number of imidazole rings is 1. The lowest BCUT2D eigenvalue weighted by molar-refractivity contribution is 0.177. The molecular weight excluding hydrogens is 285 g/mol. The van der Waals surface area contributed by atoms with Crippen LogP contribution in [0.5, 0.6) is 0 Å². The van der Waals surface area contributed by atoms with Crippen molar-refractivity contribution in [3.05, 3.63) is 47.4 Å². The molecule has 0 unspecified atom stereocenters. The number of H-pyrrole nitrogens is 1. The molecule has 3 rings (SSSR count). The molecule has 0 aliphatic carbocycles. The molecule has 22 heavy (non-hydrogen) atoms. The van der Waals surface area contributed by atoms with Crippen LogP contribution >= 0.6 is 0 Å². The van der Waals surface area contributed by atoms with E-state index in [-0.39, 0.29) is 12.4 Å². The number of nitrogens with one attached hydrogen (secondary N) is 2. The first-order valence-corrected chi connectivity index (χ1v) is 6.85. The Balaban J connectivity index is 1.85. The number of halogens is 1. The van der Waals surface area contributed by atoms with Crippen LogP contribution < -0.4 is 5.32 Å². The molecule has 0 aliphatic heterocycles. The summed E-state index contributed by atoms with van der Waals surface area (Å²) in [6.07, 6.45) is 1.55. The number of nitrogens with zero attached hydrogens (tertiary/aromatic N) is 3. The van der Waals surface area contributed by atoms with Crippen LogP contribution in [0.15, 0.2) is 24.5 Å². The van der Waals surface area contributed by atoms with Crippen LogP contribution in [0.25, 0.3) is 11.0 Å². The molecule has 114 valence electrons. The molecular formula is C15H16FN5O. The fraction of sp³-hybridized carbons (Fsp3) is 0.267. The minimum Gasteiger partial charge on any atom is -0.377 e. The van der Waals surface area contributed by atoms with E-state index in [0.29, 0.717) is 29.3 Å². The number of ether oxygens (including phenoxy) is 1. The summed E-state index contributed by atoms with van der Waals surface area (Å²) in [5, 5.41) is 3.12. The minimum absolute atomic E-state index is 0.289. The smallest absolute Gasteiger partial charge is 0.156 e. The predicted molar refractivity (Wildman–Crippen MR) is 80.9 cm³/mol. The number of fused-ring (bicyclic) bond motifs is 1. The Hall–Kier alpha value is -2.54. The summed E-state index contributed by atoms with van der Waals surface area (Å²) >= 11 is 0. The first kappa shape index (κ1) is 14.4. The van der Waals surface area contributed by atoms with Crippen LogP contribution in [0.4, 0.5) is 10.2 Å². The molecule has 0 amide bonds. The third kappa shape index (κ3) is 2.89. The molecule has 0 saturated carbocycles. The van der Waals surface area contributed by atoms with Crippen molar-refractivity contribution in [2.24, 2.45) is 0 Å². The van der Waals surface area contributed by atoms with Gasteiger partial charge in [-0.15, -0.1) is 0 Å². The van der Waals surface area contributed by atoms with Gasteiger partial charge in [-0.2, -0.15) is 0 Å². The van der Waals surface area contributed by atoms with Crippen LogP contribution in [0.3, 0.4) is 0 Å². The van der Waals surface area contributed by atoms with Gasteiger partial charge in [0.1, 0.15) is 18.2 Å². The molecule has 2 heterocycles. The Kier molecular flexibility index (Phi) is 3.97. The third-order valence-electron chi connectivity index (χ3n) is 3.26. The van der Waals surface area contributed by atoms with E-state index in [4.69, 9.17) is 4.74 Å². The SMILES string of the molecule is COCc1nc(C)cc(NCc2c(F)ccc3[nH]cnc23)n1. The zero-order valence-electron chi connectivity index (χ0n) is 12.4. The monoisotopic (exact) mass is 301 g/mol. The summed E-state index contributed by atoms with van der Waals surface area (Å²) in [6.45, 7) is 2.50. The molecule has 1 aromatic carbocycles. The summed E-state index contributed by atoms with van der Waals surface area (Å²) in [5.74, 6) is 0.921. The molecule has 0 saturated heterocycles. The first-order chi connectivity index (χ1) is 10.7. The Labute approximate surface area is 126 Å². The highest BCUT2D eigenvalue weighted by Crippen LogP contribution is 2.19. The van der Waals surface area contributed by atoms with Crippen molar-refractivity contribution < 1.29 is 9.13 Å². The van der Waals surface area contributed by atoms with Gasteiger partial charge in [0.2, 0.25) is 0 Å². The average molecular weight is 301 g/mol. The van der Waals surface area contributed by atoms with Gasteiger partial charge in [-0.1, -0.05) is 0 Å². The van der Waals surface area contributed by atoms with Crippen molar-refractivity contribution in [2.75, 3.05) is 12.4 Å². The quantitative estimate of drug-likeness (QED) is 0.757. The normalized spacial score (nSPS) is 11.0. The molecule has 0 fully saturated rings. The number of aromatic amines is 1. The van der Waals surface area contributed by atoms with Gasteiger partial charge < -0.3 is 15.0 Å². The zero-order chi connectivity index (χ0) is 15.5. The number of rotatable bonds is 5. The topological polar surface area (TPSA) is 75.7 Å². The first-order valence-electron chi connectivity index (χ1n) is 6.85.